The molecule has 1 saturated heterocycles. The Bertz CT molecular complexity index is 536. The lowest BCUT2D eigenvalue weighted by molar-refractivity contribution is -0.119. The first-order valence-corrected chi connectivity index (χ1v) is 7.44. The van der Waals surface area contributed by atoms with Gasteiger partial charge in [-0.25, -0.2) is 0 Å². The fourth-order valence-corrected chi connectivity index (χ4v) is 2.68. The van der Waals surface area contributed by atoms with Gasteiger partial charge in [0.2, 0.25) is 5.91 Å². The van der Waals surface area contributed by atoms with E-state index in [1.54, 1.807) is 6.92 Å². The molecule has 1 aliphatic heterocycles. The Morgan fingerprint density at radius 3 is 2.86 bits per heavy atom. The summed E-state index contributed by atoms with van der Waals surface area (Å²) >= 11 is 0. The fourth-order valence-electron chi connectivity index (χ4n) is 2.68. The second-order valence-corrected chi connectivity index (χ2v) is 5.46. The van der Waals surface area contributed by atoms with Gasteiger partial charge in [0.15, 0.2) is 0 Å². The monoisotopic (exact) mass is 285 g/mol. The molecule has 0 bridgehead atoms. The minimum atomic E-state index is 0.0691. The third-order valence-electron chi connectivity index (χ3n) is 3.66. The second-order valence-electron chi connectivity index (χ2n) is 5.46. The lowest BCUT2D eigenvalue weighted by Gasteiger charge is -2.32. The first-order valence-electron chi connectivity index (χ1n) is 7.44. The Balaban J connectivity index is 1.87. The highest BCUT2D eigenvalue weighted by Gasteiger charge is 2.19. The SMILES string of the molecule is CC(=O)NC1CCN(Cc2cccc(C#CCN)c2)CC1. The summed E-state index contributed by atoms with van der Waals surface area (Å²) in [5.41, 5.74) is 7.69. The molecular formula is C17H23N3O. The maximum atomic E-state index is 11.1. The van der Waals surface area contributed by atoms with Gasteiger partial charge in [-0.05, 0) is 30.5 Å². The minimum absolute atomic E-state index is 0.0691. The van der Waals surface area contributed by atoms with Crippen molar-refractivity contribution in [3.63, 3.8) is 0 Å². The van der Waals surface area contributed by atoms with E-state index in [0.29, 0.717) is 12.6 Å². The zero-order valence-electron chi connectivity index (χ0n) is 12.6. The van der Waals surface area contributed by atoms with E-state index in [4.69, 9.17) is 5.73 Å². The number of benzene rings is 1. The molecule has 0 saturated carbocycles. The number of nitrogens with one attached hydrogen (secondary N) is 1. The number of hydrogen-bond acceptors (Lipinski definition) is 3. The smallest absolute Gasteiger partial charge is 0.217 e. The van der Waals surface area contributed by atoms with Crippen LogP contribution in [0.1, 0.15) is 30.9 Å². The van der Waals surface area contributed by atoms with Gasteiger partial charge in [0.05, 0.1) is 6.54 Å². The van der Waals surface area contributed by atoms with E-state index in [9.17, 15) is 4.79 Å². The van der Waals surface area contributed by atoms with Crippen molar-refractivity contribution in [2.24, 2.45) is 5.73 Å². The molecule has 0 spiro atoms. The van der Waals surface area contributed by atoms with Crippen molar-refractivity contribution in [2.45, 2.75) is 32.4 Å². The number of carbonyl (C=O) groups is 1. The van der Waals surface area contributed by atoms with Gasteiger partial charge in [-0.2, -0.15) is 0 Å². The van der Waals surface area contributed by atoms with Crippen molar-refractivity contribution < 1.29 is 4.79 Å². The maximum Gasteiger partial charge on any atom is 0.217 e. The number of likely N-dealkylation sites (tertiary alicyclic amines) is 1. The third-order valence-corrected chi connectivity index (χ3v) is 3.66. The molecule has 3 N–H and O–H groups in total. The van der Waals surface area contributed by atoms with Crippen LogP contribution in [0.25, 0.3) is 0 Å². The van der Waals surface area contributed by atoms with Crippen LogP contribution in [0.2, 0.25) is 0 Å². The van der Waals surface area contributed by atoms with Crippen molar-refractivity contribution in [3.05, 3.63) is 35.4 Å². The van der Waals surface area contributed by atoms with E-state index in [-0.39, 0.29) is 5.91 Å². The zero-order chi connectivity index (χ0) is 15.1. The molecule has 4 heteroatoms. The van der Waals surface area contributed by atoms with Crippen molar-refractivity contribution in [2.75, 3.05) is 19.6 Å². The predicted octanol–water partition coefficient (Wildman–Crippen LogP) is 1.10. The number of hydrogen-bond donors (Lipinski definition) is 2. The van der Waals surface area contributed by atoms with E-state index >= 15 is 0 Å². The molecule has 1 amide bonds. The van der Waals surface area contributed by atoms with E-state index in [2.05, 4.69) is 34.2 Å². The first kappa shape index (κ1) is 15.6. The highest BCUT2D eigenvalue weighted by atomic mass is 16.1. The molecule has 0 aromatic heterocycles. The average molecular weight is 285 g/mol. The van der Waals surface area contributed by atoms with Gasteiger partial charge in [-0.1, -0.05) is 24.0 Å². The van der Waals surface area contributed by atoms with Gasteiger partial charge in [-0.15, -0.1) is 0 Å². The first-order chi connectivity index (χ1) is 10.2. The molecule has 0 aliphatic carbocycles. The second kappa shape index (κ2) is 7.82. The molecule has 4 nitrogen and oxygen atoms in total. The molecule has 1 aromatic carbocycles. The zero-order valence-corrected chi connectivity index (χ0v) is 12.6. The molecule has 0 atom stereocenters. The molecule has 21 heavy (non-hydrogen) atoms. The van der Waals surface area contributed by atoms with Crippen LogP contribution >= 0.6 is 0 Å². The van der Waals surface area contributed by atoms with Crippen LogP contribution in [0.15, 0.2) is 24.3 Å². The third kappa shape index (κ3) is 5.22. The summed E-state index contributed by atoms with van der Waals surface area (Å²) in [5.74, 6) is 6.02. The number of rotatable bonds is 3. The maximum absolute atomic E-state index is 11.1. The number of amides is 1. The Kier molecular flexibility index (Phi) is 5.79. The van der Waals surface area contributed by atoms with E-state index < -0.39 is 0 Å². The van der Waals surface area contributed by atoms with E-state index in [1.165, 1.54) is 5.56 Å². The summed E-state index contributed by atoms with van der Waals surface area (Å²) < 4.78 is 0. The van der Waals surface area contributed by atoms with Gasteiger partial charge in [0, 0.05) is 38.2 Å². The van der Waals surface area contributed by atoms with Crippen LogP contribution in [0.5, 0.6) is 0 Å². The summed E-state index contributed by atoms with van der Waals surface area (Å²) in [4.78, 5) is 13.5. The summed E-state index contributed by atoms with van der Waals surface area (Å²) in [6.45, 7) is 4.94. The molecular weight excluding hydrogens is 262 g/mol. The van der Waals surface area contributed by atoms with Crippen LogP contribution in [0.4, 0.5) is 0 Å². The topological polar surface area (TPSA) is 58.4 Å². The van der Waals surface area contributed by atoms with Crippen molar-refractivity contribution in [1.29, 1.82) is 0 Å². The molecule has 0 radical (unpaired) electrons. The Labute approximate surface area is 126 Å². The van der Waals surface area contributed by atoms with Gasteiger partial charge in [-0.3, -0.25) is 9.69 Å². The van der Waals surface area contributed by atoms with Crippen molar-refractivity contribution in [3.8, 4) is 11.8 Å². The summed E-state index contributed by atoms with van der Waals surface area (Å²) in [7, 11) is 0. The Hall–Kier alpha value is -1.83. The Morgan fingerprint density at radius 2 is 2.19 bits per heavy atom. The van der Waals surface area contributed by atoms with Gasteiger partial charge >= 0.3 is 0 Å². The van der Waals surface area contributed by atoms with E-state index in [0.717, 1.165) is 38.0 Å². The lowest BCUT2D eigenvalue weighted by Crippen LogP contribution is -2.43. The summed E-state index contributed by atoms with van der Waals surface area (Å²) in [6.07, 6.45) is 2.04. The summed E-state index contributed by atoms with van der Waals surface area (Å²) in [6, 6.07) is 8.64. The lowest BCUT2D eigenvalue weighted by atomic mass is 10.0. The van der Waals surface area contributed by atoms with Crippen LogP contribution in [0.3, 0.4) is 0 Å². The van der Waals surface area contributed by atoms with Crippen molar-refractivity contribution in [1.82, 2.24) is 10.2 Å². The highest BCUT2D eigenvalue weighted by molar-refractivity contribution is 5.73. The molecule has 1 aliphatic rings. The summed E-state index contributed by atoms with van der Waals surface area (Å²) in [5, 5.41) is 3.00. The number of nitrogens with two attached hydrogens (primary N) is 1. The average Bonchev–Trinajstić information content (AvgIpc) is 2.47. The van der Waals surface area contributed by atoms with Crippen LogP contribution < -0.4 is 11.1 Å². The molecule has 2 rings (SSSR count). The normalized spacial score (nSPS) is 16.1. The van der Waals surface area contributed by atoms with Gasteiger partial charge in [0.1, 0.15) is 0 Å². The quantitative estimate of drug-likeness (QED) is 0.818. The molecule has 0 unspecified atom stereocenters. The number of carbonyl (C=O) groups excluding carboxylic acids is 1. The van der Waals surface area contributed by atoms with Gasteiger partial charge < -0.3 is 11.1 Å². The number of nitrogens with zero attached hydrogens (tertiary/aromatic N) is 1. The van der Waals surface area contributed by atoms with Gasteiger partial charge in [0.25, 0.3) is 0 Å². The minimum Gasteiger partial charge on any atom is -0.354 e. The predicted molar refractivity (Wildman–Crippen MR) is 84.5 cm³/mol. The van der Waals surface area contributed by atoms with E-state index in [1.807, 2.05) is 12.1 Å². The van der Waals surface area contributed by atoms with Crippen LogP contribution in [-0.2, 0) is 11.3 Å². The fraction of sp³-hybridized carbons (Fsp3) is 0.471. The standard InChI is InChI=1S/C17H23N3O/c1-14(21)19-17-7-10-20(11-8-17)13-16-5-2-4-15(12-16)6-3-9-18/h2,4-5,12,17H,7-11,13,18H2,1H3,(H,19,21). The van der Waals surface area contributed by atoms with Crippen LogP contribution in [-0.4, -0.2) is 36.5 Å². The highest BCUT2D eigenvalue weighted by Crippen LogP contribution is 2.14. The number of piperidine rings is 1. The molecule has 1 aromatic rings. The molecule has 1 fully saturated rings. The van der Waals surface area contributed by atoms with Crippen LogP contribution in [0, 0.1) is 11.8 Å². The van der Waals surface area contributed by atoms with Crippen molar-refractivity contribution >= 4 is 5.91 Å². The Morgan fingerprint density at radius 1 is 1.43 bits per heavy atom. The largest absolute Gasteiger partial charge is 0.354 e. The molecule has 1 heterocycles. The molecule has 112 valence electrons.